The first-order valence-corrected chi connectivity index (χ1v) is 11.3. The van der Waals surface area contributed by atoms with E-state index >= 15 is 0 Å². The number of piperazine rings is 1. The molecule has 1 saturated heterocycles. The van der Waals surface area contributed by atoms with Crippen molar-refractivity contribution in [3.8, 4) is 11.5 Å². The number of hydrogen-bond acceptors (Lipinski definition) is 5. The Labute approximate surface area is 208 Å². The second kappa shape index (κ2) is 10.3. The van der Waals surface area contributed by atoms with Crippen molar-refractivity contribution in [2.45, 2.75) is 19.6 Å². The minimum atomic E-state index is -4.81. The van der Waals surface area contributed by atoms with E-state index in [-0.39, 0.29) is 13.1 Å². The molecule has 0 unspecified atom stereocenters. The first-order chi connectivity index (χ1) is 17.0. The lowest BCUT2D eigenvalue weighted by atomic mass is 10.1. The molecule has 1 aliphatic heterocycles. The van der Waals surface area contributed by atoms with E-state index in [2.05, 4.69) is 5.10 Å². The van der Waals surface area contributed by atoms with Crippen LogP contribution in [0.2, 0.25) is 5.02 Å². The Morgan fingerprint density at radius 2 is 1.69 bits per heavy atom. The summed E-state index contributed by atoms with van der Waals surface area (Å²) in [4.78, 5) is 27.6. The topological polar surface area (TPSA) is 67.7 Å². The fraction of sp³-hybridized carbons (Fsp3) is 0.292. The molecular formula is C24H21ClF4N4O3. The van der Waals surface area contributed by atoms with Crippen LogP contribution < -0.4 is 4.74 Å². The van der Waals surface area contributed by atoms with Crippen molar-refractivity contribution in [3.63, 3.8) is 0 Å². The van der Waals surface area contributed by atoms with Gasteiger partial charge in [-0.1, -0.05) is 11.6 Å². The molecule has 3 aromatic rings. The predicted octanol–water partition coefficient (Wildman–Crippen LogP) is 5.48. The molecule has 0 atom stereocenters. The van der Waals surface area contributed by atoms with Crippen molar-refractivity contribution in [3.05, 3.63) is 76.3 Å². The summed E-state index contributed by atoms with van der Waals surface area (Å²) >= 11 is 5.87. The highest BCUT2D eigenvalue weighted by Crippen LogP contribution is 2.32. The predicted molar refractivity (Wildman–Crippen MR) is 123 cm³/mol. The minimum absolute atomic E-state index is 0.221. The molecule has 0 spiro atoms. The van der Waals surface area contributed by atoms with Gasteiger partial charge in [0.2, 0.25) is 0 Å². The third kappa shape index (κ3) is 6.03. The van der Waals surface area contributed by atoms with Crippen molar-refractivity contribution in [2.24, 2.45) is 0 Å². The van der Waals surface area contributed by atoms with Gasteiger partial charge in [0, 0.05) is 56.9 Å². The van der Waals surface area contributed by atoms with E-state index in [0.717, 1.165) is 6.92 Å². The summed E-state index contributed by atoms with van der Waals surface area (Å²) in [5.41, 5.74) is -1.38. The zero-order chi connectivity index (χ0) is 26.0. The normalized spacial score (nSPS) is 14.7. The maximum absolute atomic E-state index is 14.2. The molecule has 1 amide bonds. The molecule has 2 aromatic carbocycles. The number of alkyl halides is 3. The van der Waals surface area contributed by atoms with Crippen LogP contribution in [0, 0.1) is 5.82 Å². The minimum Gasteiger partial charge on any atom is -0.457 e. The summed E-state index contributed by atoms with van der Waals surface area (Å²) in [6, 6.07) is 10.3. The molecule has 0 radical (unpaired) electrons. The Hall–Kier alpha value is -3.44. The number of hydrogen-bond donors (Lipinski definition) is 0. The Bertz CT molecular complexity index is 1270. The number of ether oxygens (including phenoxy) is 1. The third-order valence-corrected chi connectivity index (χ3v) is 5.83. The van der Waals surface area contributed by atoms with Crippen LogP contribution in [0.5, 0.6) is 11.5 Å². The zero-order valence-corrected chi connectivity index (χ0v) is 19.8. The zero-order valence-electron chi connectivity index (χ0n) is 19.1. The van der Waals surface area contributed by atoms with E-state index in [0.29, 0.717) is 52.6 Å². The van der Waals surface area contributed by atoms with E-state index in [1.165, 1.54) is 17.0 Å². The number of ketones is 1. The van der Waals surface area contributed by atoms with Crippen molar-refractivity contribution in [1.82, 2.24) is 19.6 Å². The number of carbonyl (C=O) groups is 2. The number of rotatable bonds is 5. The lowest BCUT2D eigenvalue weighted by Crippen LogP contribution is -2.49. The number of nitrogens with zero attached hydrogens (tertiary/aromatic N) is 4. The van der Waals surface area contributed by atoms with Gasteiger partial charge in [-0.15, -0.1) is 0 Å². The third-order valence-electron chi connectivity index (χ3n) is 5.58. The van der Waals surface area contributed by atoms with E-state index < -0.39 is 35.1 Å². The largest absolute Gasteiger partial charge is 0.457 e. The molecule has 0 N–H and O–H groups in total. The Morgan fingerprint density at radius 3 is 2.28 bits per heavy atom. The smallest absolute Gasteiger partial charge is 0.420 e. The highest BCUT2D eigenvalue weighted by Gasteiger charge is 2.38. The summed E-state index contributed by atoms with van der Waals surface area (Å²) in [5.74, 6) is -0.524. The fourth-order valence-corrected chi connectivity index (χ4v) is 3.98. The number of benzene rings is 2. The summed E-state index contributed by atoms with van der Waals surface area (Å²) in [6.45, 7) is 2.59. The highest BCUT2D eigenvalue weighted by atomic mass is 35.5. The van der Waals surface area contributed by atoms with Crippen molar-refractivity contribution in [1.29, 1.82) is 0 Å². The number of carbonyl (C=O) groups excluding carboxylic acids is 2. The fourth-order valence-electron chi connectivity index (χ4n) is 3.85. The maximum Gasteiger partial charge on any atom is 0.420 e. The van der Waals surface area contributed by atoms with Gasteiger partial charge in [-0.2, -0.15) is 23.0 Å². The van der Waals surface area contributed by atoms with Gasteiger partial charge < -0.3 is 9.64 Å². The number of halogens is 5. The van der Waals surface area contributed by atoms with E-state index in [1.807, 2.05) is 4.90 Å². The van der Waals surface area contributed by atoms with Crippen LogP contribution >= 0.6 is 11.6 Å². The Kier molecular flexibility index (Phi) is 7.32. The van der Waals surface area contributed by atoms with Gasteiger partial charge in [-0.3, -0.25) is 9.69 Å². The Morgan fingerprint density at radius 1 is 1.03 bits per heavy atom. The maximum atomic E-state index is 14.2. The molecule has 0 aliphatic carbocycles. The van der Waals surface area contributed by atoms with Crippen LogP contribution in [0.15, 0.2) is 48.7 Å². The van der Waals surface area contributed by atoms with Gasteiger partial charge in [0.25, 0.3) is 0 Å². The highest BCUT2D eigenvalue weighted by molar-refractivity contribution is 6.30. The molecule has 12 heteroatoms. The molecule has 1 aromatic heterocycles. The molecule has 36 heavy (non-hydrogen) atoms. The van der Waals surface area contributed by atoms with Gasteiger partial charge >= 0.3 is 12.2 Å². The van der Waals surface area contributed by atoms with Crippen LogP contribution in [-0.2, 0) is 12.7 Å². The number of aromatic nitrogens is 2. The monoisotopic (exact) mass is 524 g/mol. The van der Waals surface area contributed by atoms with Gasteiger partial charge in [0.05, 0.1) is 0 Å². The lowest BCUT2D eigenvalue weighted by molar-refractivity contribution is -0.137. The van der Waals surface area contributed by atoms with Crippen LogP contribution in [0.4, 0.5) is 22.4 Å². The van der Waals surface area contributed by atoms with Crippen molar-refractivity contribution < 1.29 is 31.9 Å². The van der Waals surface area contributed by atoms with Gasteiger partial charge in [0.15, 0.2) is 5.78 Å². The summed E-state index contributed by atoms with van der Waals surface area (Å²) in [5, 5.41) is 4.12. The standard InChI is InChI=1S/C24H21ClF4N4O3/c1-15(34)22-21(24(27,28)29)14-33(30-22)23(35)32-8-6-31(7-9-32)13-16-10-18(26)12-20(11-16)36-19-4-2-17(25)3-5-19/h2-5,10-12,14H,6-9,13H2,1H3. The first-order valence-electron chi connectivity index (χ1n) is 10.9. The molecule has 2 heterocycles. The van der Waals surface area contributed by atoms with Crippen molar-refractivity contribution >= 4 is 23.4 Å². The average Bonchev–Trinajstić information content (AvgIpc) is 3.27. The molecule has 7 nitrogen and oxygen atoms in total. The molecular weight excluding hydrogens is 504 g/mol. The molecule has 0 bridgehead atoms. The van der Waals surface area contributed by atoms with E-state index in [4.69, 9.17) is 16.3 Å². The van der Waals surface area contributed by atoms with E-state index in [9.17, 15) is 27.2 Å². The van der Waals surface area contributed by atoms with Gasteiger partial charge in [0.1, 0.15) is 28.6 Å². The average molecular weight is 525 g/mol. The molecule has 0 saturated carbocycles. The summed E-state index contributed by atoms with van der Waals surface area (Å²) < 4.78 is 60.1. The van der Waals surface area contributed by atoms with Gasteiger partial charge in [-0.05, 0) is 42.0 Å². The van der Waals surface area contributed by atoms with Crippen LogP contribution in [-0.4, -0.2) is 57.6 Å². The van der Waals surface area contributed by atoms with Crippen molar-refractivity contribution in [2.75, 3.05) is 26.2 Å². The number of amides is 1. The lowest BCUT2D eigenvalue weighted by Gasteiger charge is -2.34. The van der Waals surface area contributed by atoms with Crippen LogP contribution in [0.1, 0.15) is 28.5 Å². The SMILES string of the molecule is CC(=O)c1nn(C(=O)N2CCN(Cc3cc(F)cc(Oc4ccc(Cl)cc4)c3)CC2)cc1C(F)(F)F. The number of Topliss-reactive ketones (excluding diaryl/α,β-unsaturated/α-hetero) is 1. The molecule has 4 rings (SSSR count). The summed E-state index contributed by atoms with van der Waals surface area (Å²) in [6.07, 6.45) is -4.26. The van der Waals surface area contributed by atoms with Crippen LogP contribution in [0.25, 0.3) is 0 Å². The van der Waals surface area contributed by atoms with Crippen LogP contribution in [0.3, 0.4) is 0 Å². The molecule has 1 aliphatic rings. The van der Waals surface area contributed by atoms with E-state index in [1.54, 1.807) is 30.3 Å². The second-order valence-electron chi connectivity index (χ2n) is 8.29. The second-order valence-corrected chi connectivity index (χ2v) is 8.72. The van der Waals surface area contributed by atoms with Gasteiger partial charge in [-0.25, -0.2) is 9.18 Å². The summed E-state index contributed by atoms with van der Waals surface area (Å²) in [7, 11) is 0. The molecule has 1 fully saturated rings. The first kappa shape index (κ1) is 25.6. The molecule has 190 valence electrons. The quantitative estimate of drug-likeness (QED) is 0.327. The Balaban J connectivity index is 1.39.